The minimum absolute atomic E-state index is 0.0837. The number of para-hydroxylation sites is 1. The Morgan fingerprint density at radius 1 is 1.32 bits per heavy atom. The predicted molar refractivity (Wildman–Crippen MR) is 71.0 cm³/mol. The molecule has 0 saturated carbocycles. The molecular formula is C14H14N2O3. The number of benzene rings is 1. The van der Waals surface area contributed by atoms with Crippen LogP contribution in [0.5, 0.6) is 5.75 Å². The van der Waals surface area contributed by atoms with Crippen molar-refractivity contribution in [3.8, 4) is 5.75 Å². The van der Waals surface area contributed by atoms with Crippen LogP contribution in [0, 0.1) is 0 Å². The zero-order chi connectivity index (χ0) is 13.8. The number of hydrogen-bond donors (Lipinski definition) is 2. The molecule has 2 rings (SSSR count). The standard InChI is InChI=1S/C14H14N2O3/c1-16(9-10-4-2-3-5-12(10)17)14(19)11-8-15-7-6-13(11)18/h2-8,17H,9H2,1H3,(H,15,18). The topological polar surface area (TPSA) is 73.4 Å². The van der Waals surface area contributed by atoms with E-state index in [1.165, 1.54) is 23.4 Å². The first-order chi connectivity index (χ1) is 9.09. The zero-order valence-corrected chi connectivity index (χ0v) is 10.5. The maximum Gasteiger partial charge on any atom is 0.259 e. The molecule has 1 heterocycles. The molecule has 0 aliphatic carbocycles. The molecule has 2 N–H and O–H groups in total. The number of phenolic OH excluding ortho intramolecular Hbond substituents is 1. The van der Waals surface area contributed by atoms with E-state index in [1.54, 1.807) is 31.3 Å². The number of carbonyl (C=O) groups is 1. The molecular weight excluding hydrogens is 244 g/mol. The van der Waals surface area contributed by atoms with E-state index in [4.69, 9.17) is 0 Å². The number of phenols is 1. The Morgan fingerprint density at radius 3 is 2.74 bits per heavy atom. The highest BCUT2D eigenvalue weighted by Crippen LogP contribution is 2.17. The number of rotatable bonds is 3. The van der Waals surface area contributed by atoms with Gasteiger partial charge in [-0.2, -0.15) is 0 Å². The van der Waals surface area contributed by atoms with Crippen LogP contribution in [-0.4, -0.2) is 27.9 Å². The van der Waals surface area contributed by atoms with Gasteiger partial charge in [0.15, 0.2) is 5.43 Å². The minimum Gasteiger partial charge on any atom is -0.508 e. The number of aromatic amines is 1. The van der Waals surface area contributed by atoms with Crippen molar-refractivity contribution in [1.29, 1.82) is 0 Å². The van der Waals surface area contributed by atoms with Crippen LogP contribution in [0.2, 0.25) is 0 Å². The lowest BCUT2D eigenvalue weighted by atomic mass is 10.1. The van der Waals surface area contributed by atoms with Gasteiger partial charge in [-0.15, -0.1) is 0 Å². The van der Waals surface area contributed by atoms with E-state index in [2.05, 4.69) is 4.98 Å². The number of pyridine rings is 1. The first-order valence-electron chi connectivity index (χ1n) is 5.79. The monoisotopic (exact) mass is 258 g/mol. The SMILES string of the molecule is CN(Cc1ccccc1O)C(=O)c1c[nH]ccc1=O. The molecule has 5 nitrogen and oxygen atoms in total. The lowest BCUT2D eigenvalue weighted by Crippen LogP contribution is -2.30. The zero-order valence-electron chi connectivity index (χ0n) is 10.5. The van der Waals surface area contributed by atoms with Crippen molar-refractivity contribution in [1.82, 2.24) is 9.88 Å². The number of hydrogen-bond acceptors (Lipinski definition) is 3. The van der Waals surface area contributed by atoms with Crippen molar-refractivity contribution in [2.75, 3.05) is 7.05 Å². The van der Waals surface area contributed by atoms with Crippen molar-refractivity contribution >= 4 is 5.91 Å². The first kappa shape index (κ1) is 12.9. The molecule has 0 spiro atoms. The fourth-order valence-electron chi connectivity index (χ4n) is 1.76. The average molecular weight is 258 g/mol. The number of nitrogens with zero attached hydrogens (tertiary/aromatic N) is 1. The summed E-state index contributed by atoms with van der Waals surface area (Å²) in [5, 5.41) is 9.66. The van der Waals surface area contributed by atoms with Crippen molar-refractivity contribution < 1.29 is 9.90 Å². The number of H-pyrrole nitrogens is 1. The Bertz CT molecular complexity index is 649. The predicted octanol–water partition coefficient (Wildman–Crippen LogP) is 1.35. The molecule has 0 atom stereocenters. The van der Waals surface area contributed by atoms with Crippen molar-refractivity contribution in [3.05, 3.63) is 64.1 Å². The van der Waals surface area contributed by atoms with Crippen LogP contribution in [-0.2, 0) is 6.54 Å². The summed E-state index contributed by atoms with van der Waals surface area (Å²) in [5.74, 6) is -0.255. The minimum atomic E-state index is -0.384. The molecule has 0 fully saturated rings. The molecule has 5 heteroatoms. The van der Waals surface area contributed by atoms with Crippen LogP contribution in [0.1, 0.15) is 15.9 Å². The molecule has 0 bridgehead atoms. The van der Waals surface area contributed by atoms with Gasteiger partial charge < -0.3 is 15.0 Å². The van der Waals surface area contributed by atoms with Crippen LogP contribution in [0.3, 0.4) is 0 Å². The molecule has 0 radical (unpaired) electrons. The molecule has 1 aromatic carbocycles. The second-order valence-electron chi connectivity index (χ2n) is 4.21. The Labute approximate surface area is 110 Å². The van der Waals surface area contributed by atoms with E-state index < -0.39 is 0 Å². The summed E-state index contributed by atoms with van der Waals surface area (Å²) in [4.78, 5) is 27.8. The number of amides is 1. The fourth-order valence-corrected chi connectivity index (χ4v) is 1.76. The second-order valence-corrected chi connectivity index (χ2v) is 4.21. The Morgan fingerprint density at radius 2 is 2.05 bits per heavy atom. The van der Waals surface area contributed by atoms with Gasteiger partial charge in [0.25, 0.3) is 5.91 Å². The van der Waals surface area contributed by atoms with Crippen LogP contribution in [0.4, 0.5) is 0 Å². The van der Waals surface area contributed by atoms with Gasteiger partial charge in [0.05, 0.1) is 0 Å². The highest BCUT2D eigenvalue weighted by atomic mass is 16.3. The third-order valence-corrected chi connectivity index (χ3v) is 2.80. The highest BCUT2D eigenvalue weighted by molar-refractivity contribution is 5.93. The summed E-state index contributed by atoms with van der Waals surface area (Å²) < 4.78 is 0. The van der Waals surface area contributed by atoms with Crippen LogP contribution in [0.25, 0.3) is 0 Å². The molecule has 2 aromatic rings. The van der Waals surface area contributed by atoms with Crippen molar-refractivity contribution in [3.63, 3.8) is 0 Å². The summed E-state index contributed by atoms with van der Waals surface area (Å²) in [6, 6.07) is 8.09. The maximum absolute atomic E-state index is 12.1. The first-order valence-corrected chi connectivity index (χ1v) is 5.79. The number of aromatic nitrogens is 1. The number of aromatic hydroxyl groups is 1. The lowest BCUT2D eigenvalue weighted by Gasteiger charge is -2.17. The molecule has 0 saturated heterocycles. The summed E-state index contributed by atoms with van der Waals surface area (Å²) in [6.45, 7) is 0.236. The smallest absolute Gasteiger partial charge is 0.259 e. The summed E-state index contributed by atoms with van der Waals surface area (Å²) in [5.41, 5.74) is 0.388. The maximum atomic E-state index is 12.1. The average Bonchev–Trinajstić information content (AvgIpc) is 2.41. The Kier molecular flexibility index (Phi) is 3.66. The third kappa shape index (κ3) is 2.82. The molecule has 0 aliphatic heterocycles. The van der Waals surface area contributed by atoms with E-state index >= 15 is 0 Å². The molecule has 0 aliphatic rings. The van der Waals surface area contributed by atoms with Crippen molar-refractivity contribution in [2.24, 2.45) is 0 Å². The van der Waals surface area contributed by atoms with E-state index in [0.717, 1.165) is 0 Å². The molecule has 19 heavy (non-hydrogen) atoms. The van der Waals surface area contributed by atoms with Crippen LogP contribution in [0.15, 0.2) is 47.5 Å². The van der Waals surface area contributed by atoms with Gasteiger partial charge in [0.2, 0.25) is 0 Å². The van der Waals surface area contributed by atoms with Gasteiger partial charge in [-0.25, -0.2) is 0 Å². The Balaban J connectivity index is 2.19. The molecule has 0 unspecified atom stereocenters. The molecule has 1 amide bonds. The van der Waals surface area contributed by atoms with Gasteiger partial charge in [0, 0.05) is 37.6 Å². The Hall–Kier alpha value is -2.56. The van der Waals surface area contributed by atoms with E-state index in [-0.39, 0.29) is 29.2 Å². The van der Waals surface area contributed by atoms with Gasteiger partial charge in [0.1, 0.15) is 11.3 Å². The summed E-state index contributed by atoms with van der Waals surface area (Å²) >= 11 is 0. The largest absolute Gasteiger partial charge is 0.508 e. The van der Waals surface area contributed by atoms with Gasteiger partial charge in [-0.3, -0.25) is 9.59 Å². The van der Waals surface area contributed by atoms with Gasteiger partial charge in [-0.05, 0) is 6.07 Å². The lowest BCUT2D eigenvalue weighted by molar-refractivity contribution is 0.0782. The molecule has 98 valence electrons. The third-order valence-electron chi connectivity index (χ3n) is 2.80. The van der Waals surface area contributed by atoms with E-state index in [0.29, 0.717) is 5.56 Å². The molecule has 1 aromatic heterocycles. The van der Waals surface area contributed by atoms with E-state index in [9.17, 15) is 14.7 Å². The summed E-state index contributed by atoms with van der Waals surface area (Å²) in [7, 11) is 1.58. The normalized spacial score (nSPS) is 10.2. The number of carbonyl (C=O) groups excluding carboxylic acids is 1. The quantitative estimate of drug-likeness (QED) is 0.872. The second kappa shape index (κ2) is 5.39. The van der Waals surface area contributed by atoms with Gasteiger partial charge in [-0.1, -0.05) is 18.2 Å². The van der Waals surface area contributed by atoms with E-state index in [1.807, 2.05) is 0 Å². The fraction of sp³-hybridized carbons (Fsp3) is 0.143. The van der Waals surface area contributed by atoms with Crippen molar-refractivity contribution in [2.45, 2.75) is 6.54 Å². The summed E-state index contributed by atoms with van der Waals surface area (Å²) in [6.07, 6.45) is 2.86. The number of nitrogens with one attached hydrogen (secondary N) is 1. The van der Waals surface area contributed by atoms with Crippen LogP contribution < -0.4 is 5.43 Å². The highest BCUT2D eigenvalue weighted by Gasteiger charge is 2.15. The van der Waals surface area contributed by atoms with Gasteiger partial charge >= 0.3 is 0 Å². The van der Waals surface area contributed by atoms with Crippen LogP contribution >= 0.6 is 0 Å².